The van der Waals surface area contributed by atoms with Crippen LogP contribution in [-0.4, -0.2) is 40.1 Å². The van der Waals surface area contributed by atoms with E-state index in [1.807, 2.05) is 17.0 Å². The minimum absolute atomic E-state index is 0.0296. The highest BCUT2D eigenvalue weighted by Crippen LogP contribution is 2.20. The number of hydrogen-bond acceptors (Lipinski definition) is 3. The molecule has 1 aliphatic rings. The number of carbonyl (C=O) groups excluding carboxylic acids is 1. The minimum atomic E-state index is 0.0296. The third kappa shape index (κ3) is 3.89. The van der Waals surface area contributed by atoms with Gasteiger partial charge in [0.25, 0.3) is 0 Å². The highest BCUT2D eigenvalue weighted by molar-refractivity contribution is 5.92. The third-order valence-electron chi connectivity index (χ3n) is 3.48. The monoisotopic (exact) mass is 260 g/mol. The van der Waals surface area contributed by atoms with Gasteiger partial charge in [0.2, 0.25) is 5.91 Å². The summed E-state index contributed by atoms with van der Waals surface area (Å²) in [5.41, 5.74) is 0.923. The Morgan fingerprint density at radius 3 is 3.16 bits per heavy atom. The summed E-state index contributed by atoms with van der Waals surface area (Å²) >= 11 is 0. The van der Waals surface area contributed by atoms with Gasteiger partial charge in [-0.25, -0.2) is 0 Å². The Hall–Kier alpha value is -1.68. The van der Waals surface area contributed by atoms with Crippen LogP contribution in [0.2, 0.25) is 0 Å². The van der Waals surface area contributed by atoms with Gasteiger partial charge in [0.1, 0.15) is 0 Å². The summed E-state index contributed by atoms with van der Waals surface area (Å²) in [5, 5.41) is 9.06. The van der Waals surface area contributed by atoms with Crippen molar-refractivity contribution in [3.05, 3.63) is 36.2 Å². The summed E-state index contributed by atoms with van der Waals surface area (Å²) < 4.78 is 0. The summed E-state index contributed by atoms with van der Waals surface area (Å²) in [4.78, 5) is 18.1. The molecule has 1 aromatic rings. The van der Waals surface area contributed by atoms with Crippen LogP contribution >= 0.6 is 0 Å². The summed E-state index contributed by atoms with van der Waals surface area (Å²) in [5.74, 6) is 0.0296. The molecule has 0 saturated carbocycles. The van der Waals surface area contributed by atoms with E-state index in [1.54, 1.807) is 24.5 Å². The number of hydrogen-bond donors (Lipinski definition) is 1. The van der Waals surface area contributed by atoms with Crippen molar-refractivity contribution in [1.29, 1.82) is 0 Å². The number of nitrogens with zero attached hydrogens (tertiary/aromatic N) is 2. The Balaban J connectivity index is 1.99. The van der Waals surface area contributed by atoms with Gasteiger partial charge in [-0.15, -0.1) is 0 Å². The Labute approximate surface area is 113 Å². The van der Waals surface area contributed by atoms with E-state index in [4.69, 9.17) is 5.11 Å². The predicted octanol–water partition coefficient (Wildman–Crippen LogP) is 1.86. The molecule has 0 aromatic carbocycles. The largest absolute Gasteiger partial charge is 0.396 e. The quantitative estimate of drug-likeness (QED) is 0.841. The lowest BCUT2D eigenvalue weighted by atomic mass is 9.99. The zero-order valence-corrected chi connectivity index (χ0v) is 11.0. The fourth-order valence-corrected chi connectivity index (χ4v) is 2.48. The van der Waals surface area contributed by atoms with Crippen LogP contribution in [0.5, 0.6) is 0 Å². The molecule has 1 unspecified atom stereocenters. The molecule has 1 amide bonds. The van der Waals surface area contributed by atoms with Crippen LogP contribution in [0.15, 0.2) is 30.6 Å². The summed E-state index contributed by atoms with van der Waals surface area (Å²) in [6, 6.07) is 3.95. The molecule has 0 aliphatic carbocycles. The van der Waals surface area contributed by atoms with Gasteiger partial charge in [0.15, 0.2) is 0 Å². The summed E-state index contributed by atoms with van der Waals surface area (Å²) in [6.07, 6.45) is 10.7. The van der Waals surface area contributed by atoms with Crippen LogP contribution in [0.1, 0.15) is 31.2 Å². The van der Waals surface area contributed by atoms with E-state index in [-0.39, 0.29) is 18.6 Å². The average Bonchev–Trinajstić information content (AvgIpc) is 2.47. The zero-order valence-electron chi connectivity index (χ0n) is 11.0. The maximum absolute atomic E-state index is 12.2. The molecule has 19 heavy (non-hydrogen) atoms. The van der Waals surface area contributed by atoms with Crippen LogP contribution in [0, 0.1) is 0 Å². The van der Waals surface area contributed by atoms with Crippen LogP contribution in [0.25, 0.3) is 6.08 Å². The molecule has 2 rings (SSSR count). The van der Waals surface area contributed by atoms with Crippen LogP contribution < -0.4 is 0 Å². The van der Waals surface area contributed by atoms with Gasteiger partial charge in [-0.3, -0.25) is 9.78 Å². The lowest BCUT2D eigenvalue weighted by Gasteiger charge is -2.34. The van der Waals surface area contributed by atoms with Crippen molar-refractivity contribution in [3.63, 3.8) is 0 Å². The number of rotatable bonds is 4. The molecule has 1 atom stereocenters. The molecular weight excluding hydrogens is 240 g/mol. The van der Waals surface area contributed by atoms with E-state index in [0.29, 0.717) is 6.42 Å². The van der Waals surface area contributed by atoms with Crippen LogP contribution in [0.4, 0.5) is 0 Å². The highest BCUT2D eigenvalue weighted by atomic mass is 16.3. The second-order valence-electron chi connectivity index (χ2n) is 4.81. The van der Waals surface area contributed by atoms with Gasteiger partial charge in [0, 0.05) is 37.7 Å². The number of aliphatic hydroxyl groups is 1. The van der Waals surface area contributed by atoms with E-state index >= 15 is 0 Å². The fraction of sp³-hybridized carbons (Fsp3) is 0.467. The van der Waals surface area contributed by atoms with Crippen molar-refractivity contribution in [2.24, 2.45) is 0 Å². The molecule has 1 aromatic heterocycles. The molecule has 1 aliphatic heterocycles. The van der Waals surface area contributed by atoms with Gasteiger partial charge in [-0.05, 0) is 43.4 Å². The summed E-state index contributed by atoms with van der Waals surface area (Å²) in [7, 11) is 0. The first-order valence-corrected chi connectivity index (χ1v) is 6.81. The first kappa shape index (κ1) is 13.7. The number of pyridine rings is 1. The van der Waals surface area contributed by atoms with Gasteiger partial charge in [0.05, 0.1) is 0 Å². The first-order valence-electron chi connectivity index (χ1n) is 6.81. The Morgan fingerprint density at radius 2 is 2.42 bits per heavy atom. The first-order chi connectivity index (χ1) is 9.31. The van der Waals surface area contributed by atoms with Gasteiger partial charge >= 0.3 is 0 Å². The van der Waals surface area contributed by atoms with Crippen molar-refractivity contribution in [1.82, 2.24) is 9.88 Å². The molecule has 0 radical (unpaired) electrons. The maximum atomic E-state index is 12.2. The second-order valence-corrected chi connectivity index (χ2v) is 4.81. The maximum Gasteiger partial charge on any atom is 0.246 e. The number of carbonyl (C=O) groups is 1. The molecular formula is C15H20N2O2. The number of piperidine rings is 1. The van der Waals surface area contributed by atoms with Crippen molar-refractivity contribution in [2.75, 3.05) is 13.2 Å². The molecule has 1 saturated heterocycles. The molecule has 4 heteroatoms. The van der Waals surface area contributed by atoms with E-state index < -0.39 is 0 Å². The standard InChI is InChI=1S/C15H20N2O2/c18-11-8-14-5-1-2-10-17(14)15(19)7-6-13-4-3-9-16-12-13/h3-4,6-7,9,12,14,18H,1-2,5,8,10-11H2/b7-6+. The van der Waals surface area contributed by atoms with Crippen molar-refractivity contribution < 1.29 is 9.90 Å². The zero-order chi connectivity index (χ0) is 13.5. The van der Waals surface area contributed by atoms with E-state index in [1.165, 1.54) is 0 Å². The molecule has 1 N–H and O–H groups in total. The Kier molecular flexibility index (Phi) is 5.10. The lowest BCUT2D eigenvalue weighted by Crippen LogP contribution is -2.43. The normalized spacial score (nSPS) is 19.8. The van der Waals surface area contributed by atoms with Crippen molar-refractivity contribution >= 4 is 12.0 Å². The Bertz CT molecular complexity index is 429. The lowest BCUT2D eigenvalue weighted by molar-refractivity contribution is -0.129. The van der Waals surface area contributed by atoms with Crippen molar-refractivity contribution in [2.45, 2.75) is 31.7 Å². The molecule has 2 heterocycles. The van der Waals surface area contributed by atoms with Gasteiger partial charge in [-0.1, -0.05) is 6.07 Å². The molecule has 1 fully saturated rings. The Morgan fingerprint density at radius 1 is 1.53 bits per heavy atom. The van der Waals surface area contributed by atoms with Gasteiger partial charge < -0.3 is 10.0 Å². The number of likely N-dealkylation sites (tertiary alicyclic amines) is 1. The molecule has 0 spiro atoms. The predicted molar refractivity (Wildman–Crippen MR) is 74.3 cm³/mol. The van der Waals surface area contributed by atoms with Crippen molar-refractivity contribution in [3.8, 4) is 0 Å². The number of aliphatic hydroxyl groups excluding tert-OH is 1. The second kappa shape index (κ2) is 7.04. The summed E-state index contributed by atoms with van der Waals surface area (Å²) in [6.45, 7) is 0.932. The average molecular weight is 260 g/mol. The third-order valence-corrected chi connectivity index (χ3v) is 3.48. The fourth-order valence-electron chi connectivity index (χ4n) is 2.48. The molecule has 0 bridgehead atoms. The van der Waals surface area contributed by atoms with E-state index in [0.717, 1.165) is 31.4 Å². The van der Waals surface area contributed by atoms with Gasteiger partial charge in [-0.2, -0.15) is 0 Å². The number of amides is 1. The SMILES string of the molecule is O=C(/C=C/c1cccnc1)N1CCCCC1CCO. The molecule has 102 valence electrons. The number of aromatic nitrogens is 1. The minimum Gasteiger partial charge on any atom is -0.396 e. The smallest absolute Gasteiger partial charge is 0.246 e. The van der Waals surface area contributed by atoms with Crippen LogP contribution in [0.3, 0.4) is 0 Å². The van der Waals surface area contributed by atoms with E-state index in [9.17, 15) is 4.79 Å². The molecule has 4 nitrogen and oxygen atoms in total. The van der Waals surface area contributed by atoms with Crippen LogP contribution in [-0.2, 0) is 4.79 Å². The van der Waals surface area contributed by atoms with E-state index in [2.05, 4.69) is 4.98 Å². The topological polar surface area (TPSA) is 53.4 Å². The highest BCUT2D eigenvalue weighted by Gasteiger charge is 2.24.